The first-order valence-corrected chi connectivity index (χ1v) is 22.4. The van der Waals surface area contributed by atoms with Gasteiger partial charge in [0.2, 0.25) is 0 Å². The summed E-state index contributed by atoms with van der Waals surface area (Å²) in [6, 6.07) is 0. The molecule has 0 fully saturated rings. The molecule has 0 spiro atoms. The second-order valence-electron chi connectivity index (χ2n) is 14.6. The summed E-state index contributed by atoms with van der Waals surface area (Å²) in [7, 11) is 0. The highest BCUT2D eigenvalue weighted by atomic mass is 16.6. The summed E-state index contributed by atoms with van der Waals surface area (Å²) in [5.74, 6) is -0.970. The van der Waals surface area contributed by atoms with Gasteiger partial charge in [-0.05, 0) is 89.9 Å². The van der Waals surface area contributed by atoms with Gasteiger partial charge in [-0.15, -0.1) is 0 Å². The lowest BCUT2D eigenvalue weighted by Gasteiger charge is -2.18. The van der Waals surface area contributed by atoms with Crippen molar-refractivity contribution in [1.82, 2.24) is 0 Å². The highest BCUT2D eigenvalue weighted by Gasteiger charge is 2.19. The van der Waals surface area contributed by atoms with Crippen molar-refractivity contribution in [3.8, 4) is 0 Å². The van der Waals surface area contributed by atoms with Crippen LogP contribution in [0.3, 0.4) is 0 Å². The van der Waals surface area contributed by atoms with E-state index in [4.69, 9.17) is 14.2 Å². The molecule has 6 nitrogen and oxygen atoms in total. The van der Waals surface area contributed by atoms with Gasteiger partial charge in [0.05, 0.1) is 0 Å². The Bertz CT molecular complexity index is 1070. The standard InChI is InChI=1S/C49H82O6/c1-4-7-10-13-16-18-20-22-24-26-27-29-31-33-36-39-42-48(51)54-45-46(44-53-47(50)41-38-35-15-12-9-6-3)55-49(52)43-40-37-34-32-30-28-25-23-21-19-17-14-11-8-5-2/h8,11,17-20,23-26,30,32,46H,4-7,9-10,12-16,21-22,27-29,31,33-45H2,1-3H3/b11-8-,19-17-,20-18-,25-23-,26-24-,32-30-. The predicted molar refractivity (Wildman–Crippen MR) is 233 cm³/mol. The van der Waals surface area contributed by atoms with Crippen LogP contribution in [0.15, 0.2) is 72.9 Å². The minimum absolute atomic E-state index is 0.0978. The molecule has 314 valence electrons. The maximum Gasteiger partial charge on any atom is 0.306 e. The SMILES string of the molecule is CC/C=C\C/C=C\C/C=C\C/C=C\CCCCC(=O)OC(COC(=O)CCCCCCCC)COC(=O)CCCCCCC/C=C\C/C=C\CCCCCC. The van der Waals surface area contributed by atoms with E-state index in [1.165, 1.54) is 51.4 Å². The minimum atomic E-state index is -0.798. The van der Waals surface area contributed by atoms with Crippen molar-refractivity contribution >= 4 is 17.9 Å². The monoisotopic (exact) mass is 767 g/mol. The fraction of sp³-hybridized carbons (Fsp3) is 0.694. The van der Waals surface area contributed by atoms with Crippen LogP contribution < -0.4 is 0 Å². The van der Waals surface area contributed by atoms with E-state index in [0.717, 1.165) is 103 Å². The van der Waals surface area contributed by atoms with Gasteiger partial charge in [0.1, 0.15) is 13.2 Å². The van der Waals surface area contributed by atoms with Crippen molar-refractivity contribution in [1.29, 1.82) is 0 Å². The molecule has 0 aromatic carbocycles. The molecule has 55 heavy (non-hydrogen) atoms. The average Bonchev–Trinajstić information content (AvgIpc) is 3.18. The van der Waals surface area contributed by atoms with Crippen molar-refractivity contribution in [3.05, 3.63) is 72.9 Å². The minimum Gasteiger partial charge on any atom is -0.462 e. The van der Waals surface area contributed by atoms with Crippen molar-refractivity contribution < 1.29 is 28.6 Å². The fourth-order valence-electron chi connectivity index (χ4n) is 5.81. The fourth-order valence-corrected chi connectivity index (χ4v) is 5.81. The molecule has 1 atom stereocenters. The van der Waals surface area contributed by atoms with E-state index in [9.17, 15) is 14.4 Å². The number of esters is 3. The third-order valence-electron chi connectivity index (χ3n) is 9.20. The van der Waals surface area contributed by atoms with E-state index in [1.54, 1.807) is 0 Å². The molecule has 0 aromatic heterocycles. The van der Waals surface area contributed by atoms with Gasteiger partial charge in [0, 0.05) is 19.3 Å². The van der Waals surface area contributed by atoms with Crippen molar-refractivity contribution in [3.63, 3.8) is 0 Å². The third kappa shape index (κ3) is 41.8. The zero-order valence-corrected chi connectivity index (χ0v) is 35.7. The highest BCUT2D eigenvalue weighted by Crippen LogP contribution is 2.12. The summed E-state index contributed by atoms with van der Waals surface area (Å²) in [6.45, 7) is 6.37. The van der Waals surface area contributed by atoms with E-state index >= 15 is 0 Å². The largest absolute Gasteiger partial charge is 0.462 e. The molecule has 1 unspecified atom stereocenters. The predicted octanol–water partition coefficient (Wildman–Crippen LogP) is 14.3. The lowest BCUT2D eigenvalue weighted by Crippen LogP contribution is -2.30. The number of allylic oxidation sites excluding steroid dienone is 12. The van der Waals surface area contributed by atoms with Crippen molar-refractivity contribution in [2.45, 2.75) is 207 Å². The molecular formula is C49H82O6. The Hall–Kier alpha value is -3.15. The van der Waals surface area contributed by atoms with Gasteiger partial charge < -0.3 is 14.2 Å². The lowest BCUT2D eigenvalue weighted by atomic mass is 10.1. The van der Waals surface area contributed by atoms with Crippen LogP contribution in [0.4, 0.5) is 0 Å². The number of ether oxygens (including phenoxy) is 3. The van der Waals surface area contributed by atoms with Gasteiger partial charge in [0.15, 0.2) is 6.10 Å². The number of rotatable bonds is 39. The van der Waals surface area contributed by atoms with Gasteiger partial charge in [-0.2, -0.15) is 0 Å². The third-order valence-corrected chi connectivity index (χ3v) is 9.20. The van der Waals surface area contributed by atoms with Crippen LogP contribution in [-0.2, 0) is 28.6 Å². The molecule has 0 rings (SSSR count). The van der Waals surface area contributed by atoms with Gasteiger partial charge in [-0.25, -0.2) is 0 Å². The number of hydrogen-bond donors (Lipinski definition) is 0. The maximum absolute atomic E-state index is 12.7. The Kier molecular flexibility index (Phi) is 41.1. The first-order valence-electron chi connectivity index (χ1n) is 22.4. The summed E-state index contributed by atoms with van der Waals surface area (Å²) >= 11 is 0. The van der Waals surface area contributed by atoms with E-state index in [2.05, 4.69) is 93.7 Å². The molecule has 0 aliphatic rings. The Labute approximate surface area is 338 Å². The van der Waals surface area contributed by atoms with Gasteiger partial charge >= 0.3 is 17.9 Å². The van der Waals surface area contributed by atoms with E-state index in [0.29, 0.717) is 19.3 Å². The second kappa shape index (κ2) is 43.6. The topological polar surface area (TPSA) is 78.9 Å². The Balaban J connectivity index is 4.38. The van der Waals surface area contributed by atoms with Gasteiger partial charge in [0.25, 0.3) is 0 Å². The van der Waals surface area contributed by atoms with Crippen LogP contribution in [-0.4, -0.2) is 37.2 Å². The molecule has 0 saturated heterocycles. The summed E-state index contributed by atoms with van der Waals surface area (Å²) in [4.78, 5) is 37.5. The zero-order valence-electron chi connectivity index (χ0n) is 35.7. The Morgan fingerprint density at radius 1 is 0.382 bits per heavy atom. The molecule has 0 aliphatic heterocycles. The summed E-state index contributed by atoms with van der Waals surface area (Å²) in [6.07, 6.45) is 53.3. The van der Waals surface area contributed by atoms with E-state index in [-0.39, 0.29) is 37.5 Å². The van der Waals surface area contributed by atoms with Crippen LogP contribution in [0.25, 0.3) is 0 Å². The molecule has 0 amide bonds. The van der Waals surface area contributed by atoms with Crippen LogP contribution in [0.2, 0.25) is 0 Å². The summed E-state index contributed by atoms with van der Waals surface area (Å²) < 4.78 is 16.6. The van der Waals surface area contributed by atoms with Gasteiger partial charge in [-0.3, -0.25) is 14.4 Å². The highest BCUT2D eigenvalue weighted by molar-refractivity contribution is 5.71. The lowest BCUT2D eigenvalue weighted by molar-refractivity contribution is -0.167. The Morgan fingerprint density at radius 3 is 1.16 bits per heavy atom. The van der Waals surface area contributed by atoms with Crippen LogP contribution in [0.5, 0.6) is 0 Å². The molecular weight excluding hydrogens is 685 g/mol. The quantitative estimate of drug-likeness (QED) is 0.0268. The number of unbranched alkanes of at least 4 members (excludes halogenated alkanes) is 16. The van der Waals surface area contributed by atoms with Crippen molar-refractivity contribution in [2.75, 3.05) is 13.2 Å². The normalized spacial score (nSPS) is 12.7. The smallest absolute Gasteiger partial charge is 0.306 e. The first-order chi connectivity index (χ1) is 27.0. The number of carbonyl (C=O) groups excluding carboxylic acids is 3. The van der Waals surface area contributed by atoms with Crippen molar-refractivity contribution in [2.24, 2.45) is 0 Å². The molecule has 6 heteroatoms. The molecule has 0 aliphatic carbocycles. The van der Waals surface area contributed by atoms with Crippen LogP contribution in [0.1, 0.15) is 201 Å². The first kappa shape index (κ1) is 51.9. The number of hydrogen-bond acceptors (Lipinski definition) is 6. The maximum atomic E-state index is 12.7. The van der Waals surface area contributed by atoms with Crippen LogP contribution in [0, 0.1) is 0 Å². The van der Waals surface area contributed by atoms with Crippen LogP contribution >= 0.6 is 0 Å². The molecule has 0 bridgehead atoms. The molecule has 0 radical (unpaired) electrons. The zero-order chi connectivity index (χ0) is 40.1. The second-order valence-corrected chi connectivity index (χ2v) is 14.6. The summed E-state index contributed by atoms with van der Waals surface area (Å²) in [5.41, 5.74) is 0. The van der Waals surface area contributed by atoms with E-state index < -0.39 is 6.10 Å². The molecule has 0 N–H and O–H groups in total. The summed E-state index contributed by atoms with van der Waals surface area (Å²) in [5, 5.41) is 0. The molecule has 0 heterocycles. The number of carbonyl (C=O) groups is 3. The average molecular weight is 767 g/mol. The molecule has 0 aromatic rings. The Morgan fingerprint density at radius 2 is 0.709 bits per heavy atom. The van der Waals surface area contributed by atoms with E-state index in [1.807, 2.05) is 0 Å². The van der Waals surface area contributed by atoms with Gasteiger partial charge in [-0.1, -0.05) is 164 Å². The molecule has 0 saturated carbocycles.